The number of nitrogens with zero attached hydrogens (tertiary/aromatic N) is 1. The lowest BCUT2D eigenvalue weighted by molar-refractivity contribution is -0.870. The van der Waals surface area contributed by atoms with Crippen LogP contribution in [0.15, 0.2) is 72.9 Å². The van der Waals surface area contributed by atoms with Crippen LogP contribution in [0.25, 0.3) is 0 Å². The standard InChI is InChI=1S/C65H115NO8/c1-6-8-10-12-14-16-18-20-22-24-26-28-30-31-32-34-35-37-39-41-43-45-47-49-51-53-55-62(67)72-59-61(60-73-65(64(69)70)71-58-57-66(3,4)5)74-63(68)56-54-52-50-48-46-44-42-40-38-36-33-29-27-25-23-21-19-17-15-13-11-9-7-2/h9,11,15,17,21,23,27,29,36,38,42,44,61,65H,6-8,10,12-14,16,18-20,22,24-26,28,30-35,37,39-41,43,45-60H2,1-5H3/b11-9-,17-15-,23-21-,29-27-,38-36-,44-42-. The summed E-state index contributed by atoms with van der Waals surface area (Å²) in [6.45, 7) is 4.63. The number of carbonyl (C=O) groups excluding carboxylic acids is 3. The molecule has 74 heavy (non-hydrogen) atoms. The number of carboxylic acids is 1. The predicted molar refractivity (Wildman–Crippen MR) is 311 cm³/mol. The first-order chi connectivity index (χ1) is 36.1. The van der Waals surface area contributed by atoms with Crippen molar-refractivity contribution < 1.29 is 42.9 Å². The normalized spacial score (nSPS) is 13.3. The number of carbonyl (C=O) groups is 3. The zero-order valence-corrected chi connectivity index (χ0v) is 48.7. The number of hydrogen-bond donors (Lipinski definition) is 0. The number of rotatable bonds is 56. The van der Waals surface area contributed by atoms with Gasteiger partial charge in [-0.05, 0) is 64.2 Å². The van der Waals surface area contributed by atoms with Crippen molar-refractivity contribution in [2.24, 2.45) is 0 Å². The second-order valence-corrected chi connectivity index (χ2v) is 21.6. The summed E-state index contributed by atoms with van der Waals surface area (Å²) in [5.74, 6) is -2.31. The SMILES string of the molecule is CC/C=C\C/C=C\C/C=C\C/C=C\C/C=C\C/C=C\CCCCCCC(=O)OC(COC(=O)CCCCCCCCCCCCCCCCCCCCCCCCCCCC)COC(OCC[N+](C)(C)C)C(=O)[O-]. The molecule has 428 valence electrons. The first kappa shape index (κ1) is 70.7. The van der Waals surface area contributed by atoms with Crippen LogP contribution in [0.5, 0.6) is 0 Å². The van der Waals surface area contributed by atoms with Crippen LogP contribution < -0.4 is 5.11 Å². The minimum atomic E-state index is -1.63. The number of esters is 2. The third-order valence-corrected chi connectivity index (χ3v) is 13.2. The van der Waals surface area contributed by atoms with Gasteiger partial charge in [0.2, 0.25) is 0 Å². The fourth-order valence-electron chi connectivity index (χ4n) is 8.54. The largest absolute Gasteiger partial charge is 0.545 e. The Balaban J connectivity index is 4.24. The summed E-state index contributed by atoms with van der Waals surface area (Å²) in [5, 5.41) is 11.8. The van der Waals surface area contributed by atoms with Crippen LogP contribution in [-0.4, -0.2) is 82.3 Å². The molecule has 0 aromatic rings. The summed E-state index contributed by atoms with van der Waals surface area (Å²) in [6.07, 6.45) is 69.6. The number of carboxylic acid groups (broad SMARTS) is 1. The molecule has 0 N–H and O–H groups in total. The topological polar surface area (TPSA) is 111 Å². The van der Waals surface area contributed by atoms with E-state index < -0.39 is 24.3 Å². The number of quaternary nitrogens is 1. The molecule has 9 nitrogen and oxygen atoms in total. The van der Waals surface area contributed by atoms with Gasteiger partial charge in [0.15, 0.2) is 12.4 Å². The van der Waals surface area contributed by atoms with Gasteiger partial charge in [-0.2, -0.15) is 0 Å². The minimum absolute atomic E-state index is 0.140. The second-order valence-electron chi connectivity index (χ2n) is 21.6. The molecule has 0 spiro atoms. The molecular formula is C65H115NO8. The summed E-state index contributed by atoms with van der Waals surface area (Å²) in [7, 11) is 5.91. The zero-order valence-electron chi connectivity index (χ0n) is 48.7. The van der Waals surface area contributed by atoms with Crippen LogP contribution in [0.2, 0.25) is 0 Å². The van der Waals surface area contributed by atoms with E-state index in [1.807, 2.05) is 21.1 Å². The molecule has 0 bridgehead atoms. The lowest BCUT2D eigenvalue weighted by Gasteiger charge is -2.26. The molecule has 2 atom stereocenters. The Bertz CT molecular complexity index is 1440. The van der Waals surface area contributed by atoms with Crippen molar-refractivity contribution in [1.29, 1.82) is 0 Å². The summed E-state index contributed by atoms with van der Waals surface area (Å²) < 4.78 is 22.7. The Morgan fingerprint density at radius 1 is 0.419 bits per heavy atom. The van der Waals surface area contributed by atoms with Gasteiger partial charge in [0.05, 0.1) is 40.3 Å². The fraction of sp³-hybridized carbons (Fsp3) is 0.769. The van der Waals surface area contributed by atoms with Crippen molar-refractivity contribution in [3.8, 4) is 0 Å². The third kappa shape index (κ3) is 56.5. The van der Waals surface area contributed by atoms with Gasteiger partial charge in [0, 0.05) is 12.8 Å². The summed E-state index contributed by atoms with van der Waals surface area (Å²) in [4.78, 5) is 37.3. The van der Waals surface area contributed by atoms with Crippen LogP contribution in [0, 0.1) is 0 Å². The number of hydrogen-bond acceptors (Lipinski definition) is 8. The molecule has 0 heterocycles. The van der Waals surface area contributed by atoms with Gasteiger partial charge in [-0.15, -0.1) is 0 Å². The number of aliphatic carboxylic acids is 1. The van der Waals surface area contributed by atoms with Crippen molar-refractivity contribution in [3.05, 3.63) is 72.9 Å². The van der Waals surface area contributed by atoms with Crippen LogP contribution in [-0.2, 0) is 33.3 Å². The lowest BCUT2D eigenvalue weighted by Crippen LogP contribution is -2.44. The van der Waals surface area contributed by atoms with Crippen LogP contribution in [0.1, 0.15) is 264 Å². The van der Waals surface area contributed by atoms with Gasteiger partial charge in [0.25, 0.3) is 0 Å². The van der Waals surface area contributed by atoms with Crippen molar-refractivity contribution in [2.45, 2.75) is 277 Å². The maximum atomic E-state index is 12.9. The summed E-state index contributed by atoms with van der Waals surface area (Å²) in [6, 6.07) is 0. The van der Waals surface area contributed by atoms with Gasteiger partial charge in [0.1, 0.15) is 13.2 Å². The molecule has 0 radical (unpaired) electrons. The molecular weight excluding hydrogens is 923 g/mol. The fourth-order valence-corrected chi connectivity index (χ4v) is 8.54. The van der Waals surface area contributed by atoms with Gasteiger partial charge in [-0.3, -0.25) is 9.59 Å². The molecule has 0 amide bonds. The Morgan fingerprint density at radius 3 is 1.15 bits per heavy atom. The molecule has 0 aliphatic heterocycles. The molecule has 0 aliphatic rings. The average molecular weight is 1040 g/mol. The van der Waals surface area contributed by atoms with Crippen LogP contribution in [0.4, 0.5) is 0 Å². The number of ether oxygens (including phenoxy) is 4. The Kier molecular flexibility index (Phi) is 53.5. The van der Waals surface area contributed by atoms with E-state index in [0.717, 1.165) is 83.5 Å². The van der Waals surface area contributed by atoms with Crippen molar-refractivity contribution in [3.63, 3.8) is 0 Å². The Labute approximate surface area is 456 Å². The molecule has 0 aliphatic carbocycles. The van der Waals surface area contributed by atoms with E-state index in [9.17, 15) is 19.5 Å². The smallest absolute Gasteiger partial charge is 0.306 e. The number of allylic oxidation sites excluding steroid dienone is 12. The Hall–Kier alpha value is -3.27. The van der Waals surface area contributed by atoms with Crippen LogP contribution in [0.3, 0.4) is 0 Å². The highest BCUT2D eigenvalue weighted by Gasteiger charge is 2.22. The molecule has 0 aromatic carbocycles. The van der Waals surface area contributed by atoms with E-state index in [1.54, 1.807) is 0 Å². The quantitative estimate of drug-likeness (QED) is 0.0195. The molecule has 9 heteroatoms. The lowest BCUT2D eigenvalue weighted by atomic mass is 10.0. The molecule has 0 saturated heterocycles. The van der Waals surface area contributed by atoms with E-state index in [-0.39, 0.29) is 38.6 Å². The van der Waals surface area contributed by atoms with E-state index in [0.29, 0.717) is 17.4 Å². The van der Waals surface area contributed by atoms with Gasteiger partial charge < -0.3 is 33.3 Å². The third-order valence-electron chi connectivity index (χ3n) is 13.2. The number of unbranched alkanes of at least 4 members (excludes halogenated alkanes) is 29. The molecule has 2 unspecified atom stereocenters. The van der Waals surface area contributed by atoms with Gasteiger partial charge >= 0.3 is 11.9 Å². The minimum Gasteiger partial charge on any atom is -0.545 e. The summed E-state index contributed by atoms with van der Waals surface area (Å²) in [5.41, 5.74) is 0. The van der Waals surface area contributed by atoms with Crippen molar-refractivity contribution in [1.82, 2.24) is 0 Å². The zero-order chi connectivity index (χ0) is 54.1. The first-order valence-corrected chi connectivity index (χ1v) is 30.6. The highest BCUT2D eigenvalue weighted by molar-refractivity contribution is 5.70. The highest BCUT2D eigenvalue weighted by atomic mass is 16.7. The predicted octanol–water partition coefficient (Wildman–Crippen LogP) is 16.8. The second kappa shape index (κ2) is 55.9. The van der Waals surface area contributed by atoms with E-state index in [4.69, 9.17) is 18.9 Å². The highest BCUT2D eigenvalue weighted by Crippen LogP contribution is 2.17. The molecule has 0 saturated carbocycles. The summed E-state index contributed by atoms with van der Waals surface area (Å²) >= 11 is 0. The molecule has 0 rings (SSSR count). The monoisotopic (exact) mass is 1040 g/mol. The van der Waals surface area contributed by atoms with Gasteiger partial charge in [-0.1, -0.05) is 260 Å². The number of likely N-dealkylation sites (N-methyl/N-ethyl adjacent to an activating group) is 1. The van der Waals surface area contributed by atoms with E-state index in [2.05, 4.69) is 86.8 Å². The van der Waals surface area contributed by atoms with E-state index >= 15 is 0 Å². The Morgan fingerprint density at radius 2 is 0.770 bits per heavy atom. The van der Waals surface area contributed by atoms with E-state index in [1.165, 1.54) is 148 Å². The van der Waals surface area contributed by atoms with Crippen molar-refractivity contribution in [2.75, 3.05) is 47.5 Å². The van der Waals surface area contributed by atoms with Crippen molar-refractivity contribution >= 4 is 17.9 Å². The molecule has 0 aromatic heterocycles. The average Bonchev–Trinajstić information content (AvgIpc) is 3.37. The maximum Gasteiger partial charge on any atom is 0.306 e. The maximum absolute atomic E-state index is 12.9. The van der Waals surface area contributed by atoms with Gasteiger partial charge in [-0.25, -0.2) is 0 Å². The van der Waals surface area contributed by atoms with Crippen LogP contribution >= 0.6 is 0 Å². The molecule has 0 fully saturated rings. The first-order valence-electron chi connectivity index (χ1n) is 30.6.